The highest BCUT2D eigenvalue weighted by Crippen LogP contribution is 2.23. The molecule has 0 aliphatic carbocycles. The van der Waals surface area contributed by atoms with E-state index < -0.39 is 12.6 Å². The van der Waals surface area contributed by atoms with Gasteiger partial charge in [0.25, 0.3) is 0 Å². The molecule has 0 atom stereocenters. The highest BCUT2D eigenvalue weighted by atomic mass is 19.4. The normalized spacial score (nSPS) is 11.6. The van der Waals surface area contributed by atoms with Gasteiger partial charge < -0.3 is 9.55 Å². The van der Waals surface area contributed by atoms with Gasteiger partial charge in [-0.25, -0.2) is 4.98 Å². The summed E-state index contributed by atoms with van der Waals surface area (Å²) in [6, 6.07) is 19.5. The van der Waals surface area contributed by atoms with Gasteiger partial charge in [0.05, 0.1) is 11.9 Å². The van der Waals surface area contributed by atoms with Crippen molar-refractivity contribution >= 4 is 10.9 Å². The first-order chi connectivity index (χ1) is 17.8. The third kappa shape index (κ3) is 8.78. The fourth-order valence-corrected chi connectivity index (χ4v) is 4.20. The van der Waals surface area contributed by atoms with Crippen molar-refractivity contribution in [2.75, 3.05) is 6.54 Å². The predicted octanol–water partition coefficient (Wildman–Crippen LogP) is 8.59. The molecular formula is C30H39F3N4. The minimum absolute atomic E-state index is 0.729. The maximum atomic E-state index is 10.8. The Morgan fingerprint density at radius 3 is 2.32 bits per heavy atom. The minimum Gasteiger partial charge on any atom is -0.361 e. The quantitative estimate of drug-likeness (QED) is 0.218. The van der Waals surface area contributed by atoms with Crippen molar-refractivity contribution in [1.82, 2.24) is 19.4 Å². The van der Waals surface area contributed by atoms with Crippen molar-refractivity contribution in [1.29, 1.82) is 0 Å². The maximum absolute atomic E-state index is 10.8. The van der Waals surface area contributed by atoms with Crippen LogP contribution in [0.1, 0.15) is 64.1 Å². The summed E-state index contributed by atoms with van der Waals surface area (Å²) in [5.74, 6) is 1.09. The van der Waals surface area contributed by atoms with Crippen LogP contribution in [0.25, 0.3) is 22.3 Å². The van der Waals surface area contributed by atoms with Gasteiger partial charge in [0, 0.05) is 43.3 Å². The molecule has 0 amide bonds. The molecule has 4 aromatic rings. The van der Waals surface area contributed by atoms with Crippen LogP contribution in [0.2, 0.25) is 0 Å². The van der Waals surface area contributed by atoms with Crippen LogP contribution in [0, 0.1) is 0 Å². The van der Waals surface area contributed by atoms with Crippen molar-refractivity contribution in [3.63, 3.8) is 0 Å². The zero-order valence-corrected chi connectivity index (χ0v) is 22.2. The molecule has 0 fully saturated rings. The fraction of sp³-hybridized carbons (Fsp3) is 0.433. The smallest absolute Gasteiger partial charge is 0.361 e. The average molecular weight is 513 g/mol. The first-order valence-electron chi connectivity index (χ1n) is 13.3. The van der Waals surface area contributed by atoms with Crippen LogP contribution in [0.3, 0.4) is 0 Å². The molecular weight excluding hydrogens is 473 g/mol. The number of aromatic nitrogens is 3. The number of rotatable bonds is 11. The summed E-state index contributed by atoms with van der Waals surface area (Å²) in [5.41, 5.74) is 5.08. The summed E-state index contributed by atoms with van der Waals surface area (Å²) in [6.07, 6.45) is 4.18. The monoisotopic (exact) mass is 512 g/mol. The molecule has 4 rings (SSSR count). The summed E-state index contributed by atoms with van der Waals surface area (Å²) in [5, 5.41) is 1.28. The Labute approximate surface area is 218 Å². The second-order valence-electron chi connectivity index (χ2n) is 9.38. The Kier molecular flexibility index (Phi) is 10.8. The van der Waals surface area contributed by atoms with Crippen LogP contribution in [0.15, 0.2) is 67.0 Å². The third-order valence-electron chi connectivity index (χ3n) is 6.34. The van der Waals surface area contributed by atoms with Gasteiger partial charge in [-0.3, -0.25) is 4.90 Å². The number of nitrogens with one attached hydrogen (secondary N) is 1. The number of aromatic amines is 1. The molecule has 7 heteroatoms. The molecule has 0 unspecified atom stereocenters. The molecule has 4 nitrogen and oxygen atoms in total. The van der Waals surface area contributed by atoms with Gasteiger partial charge in [0.2, 0.25) is 0 Å². The standard InChI is InChI=1S/C27H34N4.C3H5F3/c1-3-5-16-30(20-22-12-13-26-24(18-22)14-15-28-26)21-25-19-29-27(31(25)17-6-4-2)23-10-8-7-9-11-23;1-2-3(4,5)6/h7-15,18-19,28H,3-6,16-17,20-21H2,1-2H3;2H2,1H3. The third-order valence-corrected chi connectivity index (χ3v) is 6.34. The Morgan fingerprint density at radius 2 is 1.65 bits per heavy atom. The number of nitrogens with zero attached hydrogens (tertiary/aromatic N) is 3. The molecule has 0 aliphatic rings. The van der Waals surface area contributed by atoms with Crippen LogP contribution < -0.4 is 0 Å². The Balaban J connectivity index is 0.000000568. The fourth-order valence-electron chi connectivity index (χ4n) is 4.20. The zero-order valence-electron chi connectivity index (χ0n) is 22.2. The molecule has 0 saturated carbocycles. The average Bonchev–Trinajstić information content (AvgIpc) is 3.53. The van der Waals surface area contributed by atoms with E-state index in [1.165, 1.54) is 53.4 Å². The second kappa shape index (κ2) is 14.0. The van der Waals surface area contributed by atoms with Crippen molar-refractivity contribution in [3.8, 4) is 11.4 Å². The highest BCUT2D eigenvalue weighted by Gasteiger charge is 2.22. The van der Waals surface area contributed by atoms with E-state index in [-0.39, 0.29) is 0 Å². The van der Waals surface area contributed by atoms with Gasteiger partial charge in [-0.2, -0.15) is 13.2 Å². The van der Waals surface area contributed by atoms with E-state index in [9.17, 15) is 13.2 Å². The number of imidazole rings is 1. The van der Waals surface area contributed by atoms with Gasteiger partial charge in [-0.05, 0) is 48.5 Å². The lowest BCUT2D eigenvalue weighted by Gasteiger charge is -2.23. The van der Waals surface area contributed by atoms with E-state index in [2.05, 4.69) is 89.1 Å². The summed E-state index contributed by atoms with van der Waals surface area (Å²) >= 11 is 0. The van der Waals surface area contributed by atoms with Gasteiger partial charge in [-0.15, -0.1) is 0 Å². The number of hydrogen-bond donors (Lipinski definition) is 1. The van der Waals surface area contributed by atoms with Crippen LogP contribution in [-0.2, 0) is 19.6 Å². The predicted molar refractivity (Wildman–Crippen MR) is 146 cm³/mol. The van der Waals surface area contributed by atoms with Gasteiger partial charge >= 0.3 is 6.18 Å². The molecule has 2 aromatic heterocycles. The highest BCUT2D eigenvalue weighted by molar-refractivity contribution is 5.79. The molecule has 37 heavy (non-hydrogen) atoms. The van der Waals surface area contributed by atoms with Crippen molar-refractivity contribution in [2.24, 2.45) is 0 Å². The molecule has 200 valence electrons. The van der Waals surface area contributed by atoms with Gasteiger partial charge in [-0.1, -0.05) is 70.0 Å². The van der Waals surface area contributed by atoms with Gasteiger partial charge in [0.1, 0.15) is 5.82 Å². The minimum atomic E-state index is -3.96. The SMILES string of the molecule is CCC(F)(F)F.CCCCN(Cc1ccc2[nH]ccc2c1)Cc1cnc(-c2ccccc2)n1CCCC. The first-order valence-corrected chi connectivity index (χ1v) is 13.3. The van der Waals surface area contributed by atoms with E-state index in [0.29, 0.717) is 0 Å². The van der Waals surface area contributed by atoms with Crippen LogP contribution in [0.4, 0.5) is 13.2 Å². The Bertz CT molecular complexity index is 1190. The van der Waals surface area contributed by atoms with Crippen LogP contribution in [0.5, 0.6) is 0 Å². The molecule has 0 radical (unpaired) electrons. The van der Waals surface area contributed by atoms with Crippen molar-refractivity contribution < 1.29 is 13.2 Å². The van der Waals surface area contributed by atoms with E-state index in [4.69, 9.17) is 4.98 Å². The topological polar surface area (TPSA) is 36.9 Å². The number of alkyl halides is 3. The summed E-state index contributed by atoms with van der Waals surface area (Å²) in [6.45, 7) is 9.61. The molecule has 0 saturated heterocycles. The molecule has 0 spiro atoms. The van der Waals surface area contributed by atoms with E-state index in [1.807, 2.05) is 6.20 Å². The number of benzene rings is 2. The maximum Gasteiger partial charge on any atom is 0.388 e. The lowest BCUT2D eigenvalue weighted by molar-refractivity contribution is -0.130. The second-order valence-corrected chi connectivity index (χ2v) is 9.38. The van der Waals surface area contributed by atoms with E-state index in [0.717, 1.165) is 38.9 Å². The van der Waals surface area contributed by atoms with Crippen LogP contribution in [-0.4, -0.2) is 32.2 Å². The largest absolute Gasteiger partial charge is 0.388 e. The number of fused-ring (bicyclic) bond motifs is 1. The van der Waals surface area contributed by atoms with E-state index >= 15 is 0 Å². The lowest BCUT2D eigenvalue weighted by Crippen LogP contribution is -2.25. The van der Waals surface area contributed by atoms with Crippen LogP contribution >= 0.6 is 0 Å². The molecule has 2 heterocycles. The first kappa shape index (κ1) is 28.5. The molecule has 1 N–H and O–H groups in total. The number of hydrogen-bond acceptors (Lipinski definition) is 2. The van der Waals surface area contributed by atoms with Gasteiger partial charge in [0.15, 0.2) is 0 Å². The lowest BCUT2D eigenvalue weighted by atomic mass is 10.1. The number of H-pyrrole nitrogens is 1. The summed E-state index contributed by atoms with van der Waals surface area (Å²) in [4.78, 5) is 10.7. The zero-order chi connectivity index (χ0) is 26.7. The van der Waals surface area contributed by atoms with Crippen molar-refractivity contribution in [2.45, 2.75) is 78.7 Å². The Hall–Kier alpha value is -3.06. The van der Waals surface area contributed by atoms with Crippen molar-refractivity contribution in [3.05, 3.63) is 78.2 Å². The molecule has 0 aliphatic heterocycles. The Morgan fingerprint density at radius 1 is 0.919 bits per heavy atom. The number of unbranched alkanes of at least 4 members (excludes halogenated alkanes) is 2. The number of halogens is 3. The van der Waals surface area contributed by atoms with E-state index in [1.54, 1.807) is 0 Å². The summed E-state index contributed by atoms with van der Waals surface area (Å²) < 4.78 is 34.8. The molecule has 2 aromatic carbocycles. The molecule has 0 bridgehead atoms. The summed E-state index contributed by atoms with van der Waals surface area (Å²) in [7, 11) is 0.